The topological polar surface area (TPSA) is 71.1 Å². The highest BCUT2D eigenvalue weighted by atomic mass is 16.6. The van der Waals surface area contributed by atoms with Crippen molar-refractivity contribution in [2.75, 3.05) is 13.2 Å². The summed E-state index contributed by atoms with van der Waals surface area (Å²) < 4.78 is 23.9. The Kier molecular flexibility index (Phi) is 7.96. The van der Waals surface area contributed by atoms with Crippen LogP contribution in [0.25, 0.3) is 10.8 Å². The van der Waals surface area contributed by atoms with Gasteiger partial charge in [-0.1, -0.05) is 32.2 Å². The third-order valence-corrected chi connectivity index (χ3v) is 7.25. The molecule has 2 bridgehead atoms. The minimum absolute atomic E-state index is 0.252. The van der Waals surface area contributed by atoms with E-state index in [9.17, 15) is 9.59 Å². The maximum atomic E-state index is 12.0. The van der Waals surface area contributed by atoms with Crippen LogP contribution in [0, 0.1) is 0 Å². The molecule has 6 nitrogen and oxygen atoms in total. The monoisotopic (exact) mass is 506 g/mol. The first kappa shape index (κ1) is 26.8. The van der Waals surface area contributed by atoms with E-state index in [2.05, 4.69) is 38.3 Å². The van der Waals surface area contributed by atoms with Crippen molar-refractivity contribution in [2.24, 2.45) is 0 Å². The molecule has 1 saturated carbocycles. The van der Waals surface area contributed by atoms with Crippen LogP contribution >= 0.6 is 0 Å². The largest absolute Gasteiger partial charge is 0.489 e. The van der Waals surface area contributed by atoms with Gasteiger partial charge in [-0.3, -0.25) is 0 Å². The fraction of sp³-hybridized carbons (Fsp3) is 0.484. The average molecular weight is 507 g/mol. The fourth-order valence-corrected chi connectivity index (χ4v) is 5.40. The third kappa shape index (κ3) is 5.53. The highest BCUT2D eigenvalue weighted by Crippen LogP contribution is 2.61. The SMILES string of the molecule is C=C(C)C(=O)OC(C)COc1c2c(c(OCC(C)OC(=O)C(=C)C)c3cc(CC)ccc13)C1CCC2C1. The van der Waals surface area contributed by atoms with Gasteiger partial charge in [0.2, 0.25) is 0 Å². The van der Waals surface area contributed by atoms with Crippen molar-refractivity contribution in [1.82, 2.24) is 0 Å². The maximum Gasteiger partial charge on any atom is 0.333 e. The van der Waals surface area contributed by atoms with Crippen LogP contribution in [0.4, 0.5) is 0 Å². The van der Waals surface area contributed by atoms with Crippen LogP contribution in [0.15, 0.2) is 42.5 Å². The second-order valence-corrected chi connectivity index (χ2v) is 10.5. The molecule has 0 heterocycles. The van der Waals surface area contributed by atoms with E-state index in [1.807, 2.05) is 13.8 Å². The second-order valence-electron chi connectivity index (χ2n) is 10.5. The summed E-state index contributed by atoms with van der Waals surface area (Å²) in [5.41, 5.74) is 4.38. The summed E-state index contributed by atoms with van der Waals surface area (Å²) in [5.74, 6) is 1.75. The molecule has 0 aliphatic heterocycles. The lowest BCUT2D eigenvalue weighted by molar-refractivity contribution is -0.145. The summed E-state index contributed by atoms with van der Waals surface area (Å²) in [4.78, 5) is 24.0. The standard InChI is InChI=1S/C31H38O6/c1-8-21-9-12-24-25(13-21)29(35-16-20(7)37-31(33)18(4)5)27-23-11-10-22(14-23)26(27)28(24)34-15-19(6)36-30(32)17(2)3/h9,12-13,19-20,22-23H,2,4,8,10-11,14-16H2,1,3,5-7H3. The molecule has 2 aliphatic carbocycles. The molecule has 4 atom stereocenters. The summed E-state index contributed by atoms with van der Waals surface area (Å²) in [5, 5.41) is 1.99. The normalized spacial score (nSPS) is 19.2. The van der Waals surface area contributed by atoms with Gasteiger partial charge in [-0.15, -0.1) is 0 Å². The zero-order chi connectivity index (χ0) is 26.9. The summed E-state index contributed by atoms with van der Waals surface area (Å²) in [6.45, 7) is 16.9. The number of aryl methyl sites for hydroxylation is 1. The van der Waals surface area contributed by atoms with E-state index in [1.54, 1.807) is 13.8 Å². The lowest BCUT2D eigenvalue weighted by Gasteiger charge is -2.27. The van der Waals surface area contributed by atoms with Crippen LogP contribution in [-0.4, -0.2) is 37.4 Å². The second kappa shape index (κ2) is 11.0. The quantitative estimate of drug-likeness (QED) is 0.255. The summed E-state index contributed by atoms with van der Waals surface area (Å²) >= 11 is 0. The molecule has 0 saturated heterocycles. The van der Waals surface area contributed by atoms with Crippen LogP contribution in [0.3, 0.4) is 0 Å². The van der Waals surface area contributed by atoms with Gasteiger partial charge in [0.1, 0.15) is 36.9 Å². The van der Waals surface area contributed by atoms with Gasteiger partial charge in [0.15, 0.2) is 0 Å². The molecule has 1 fully saturated rings. The van der Waals surface area contributed by atoms with E-state index in [-0.39, 0.29) is 13.2 Å². The molecule has 0 aromatic heterocycles. The zero-order valence-electron chi connectivity index (χ0n) is 22.6. The Labute approximate surface area is 219 Å². The predicted molar refractivity (Wildman–Crippen MR) is 144 cm³/mol. The van der Waals surface area contributed by atoms with Crippen molar-refractivity contribution >= 4 is 22.7 Å². The lowest BCUT2D eigenvalue weighted by Crippen LogP contribution is -2.24. The molecular formula is C31H38O6. The Morgan fingerprint density at radius 2 is 1.35 bits per heavy atom. The van der Waals surface area contributed by atoms with Gasteiger partial charge in [-0.05, 0) is 76.8 Å². The van der Waals surface area contributed by atoms with Crippen molar-refractivity contribution < 1.29 is 28.5 Å². The molecule has 0 amide bonds. The minimum atomic E-state index is -0.414. The van der Waals surface area contributed by atoms with Crippen LogP contribution in [0.5, 0.6) is 11.5 Å². The van der Waals surface area contributed by atoms with Gasteiger partial charge in [0, 0.05) is 33.0 Å². The van der Waals surface area contributed by atoms with E-state index >= 15 is 0 Å². The Bertz CT molecular complexity index is 1240. The van der Waals surface area contributed by atoms with Crippen molar-refractivity contribution in [3.8, 4) is 11.5 Å². The van der Waals surface area contributed by atoms with Gasteiger partial charge in [0.25, 0.3) is 0 Å². The average Bonchev–Trinajstić information content (AvgIpc) is 3.48. The van der Waals surface area contributed by atoms with E-state index in [1.165, 1.54) is 16.7 Å². The molecule has 0 N–H and O–H groups in total. The number of carbonyl (C=O) groups is 2. The minimum Gasteiger partial charge on any atom is -0.489 e. The van der Waals surface area contributed by atoms with Crippen LogP contribution in [0.2, 0.25) is 0 Å². The van der Waals surface area contributed by atoms with Gasteiger partial charge in [0.05, 0.1) is 0 Å². The molecule has 198 valence electrons. The molecule has 6 heteroatoms. The first-order valence-corrected chi connectivity index (χ1v) is 13.2. The van der Waals surface area contributed by atoms with Crippen LogP contribution < -0.4 is 9.47 Å². The van der Waals surface area contributed by atoms with Crippen molar-refractivity contribution in [2.45, 2.75) is 84.3 Å². The number of fused-ring (bicyclic) bond motifs is 6. The highest BCUT2D eigenvalue weighted by molar-refractivity contribution is 5.97. The van der Waals surface area contributed by atoms with E-state index in [0.717, 1.165) is 48.0 Å². The summed E-state index contributed by atoms with van der Waals surface area (Å²) in [7, 11) is 0. The van der Waals surface area contributed by atoms with Crippen molar-refractivity contribution in [1.29, 1.82) is 0 Å². The smallest absolute Gasteiger partial charge is 0.333 e. The Balaban J connectivity index is 1.71. The Hall–Kier alpha value is -3.28. The van der Waals surface area contributed by atoms with Gasteiger partial charge < -0.3 is 18.9 Å². The zero-order valence-corrected chi connectivity index (χ0v) is 22.6. The van der Waals surface area contributed by atoms with E-state index in [0.29, 0.717) is 23.0 Å². The number of carbonyl (C=O) groups excluding carboxylic acids is 2. The maximum absolute atomic E-state index is 12.0. The number of benzene rings is 2. The number of hydrogen-bond donors (Lipinski definition) is 0. The third-order valence-electron chi connectivity index (χ3n) is 7.25. The van der Waals surface area contributed by atoms with Crippen LogP contribution in [-0.2, 0) is 25.5 Å². The molecule has 2 aromatic carbocycles. The Morgan fingerprint density at radius 1 is 0.865 bits per heavy atom. The lowest BCUT2D eigenvalue weighted by atomic mass is 9.86. The van der Waals surface area contributed by atoms with Gasteiger partial charge in [-0.2, -0.15) is 0 Å². The first-order chi connectivity index (χ1) is 17.6. The molecular weight excluding hydrogens is 468 g/mol. The molecule has 4 unspecified atom stereocenters. The summed E-state index contributed by atoms with van der Waals surface area (Å²) in [6.07, 6.45) is 3.40. The predicted octanol–water partition coefficient (Wildman–Crippen LogP) is 6.54. The van der Waals surface area contributed by atoms with Crippen molar-refractivity contribution in [3.05, 3.63) is 59.2 Å². The van der Waals surface area contributed by atoms with Crippen LogP contribution in [0.1, 0.15) is 82.4 Å². The molecule has 4 rings (SSSR count). The molecule has 2 aliphatic rings. The highest BCUT2D eigenvalue weighted by Gasteiger charge is 2.43. The molecule has 2 aromatic rings. The van der Waals surface area contributed by atoms with Crippen molar-refractivity contribution in [3.63, 3.8) is 0 Å². The Morgan fingerprint density at radius 3 is 1.81 bits per heavy atom. The molecule has 37 heavy (non-hydrogen) atoms. The first-order valence-electron chi connectivity index (χ1n) is 13.2. The molecule has 0 radical (unpaired) electrons. The number of ether oxygens (including phenoxy) is 4. The molecule has 0 spiro atoms. The van der Waals surface area contributed by atoms with E-state index < -0.39 is 24.1 Å². The van der Waals surface area contributed by atoms with Gasteiger partial charge >= 0.3 is 11.9 Å². The van der Waals surface area contributed by atoms with E-state index in [4.69, 9.17) is 18.9 Å². The fourth-order valence-electron chi connectivity index (χ4n) is 5.40. The van der Waals surface area contributed by atoms with Gasteiger partial charge in [-0.25, -0.2) is 9.59 Å². The summed E-state index contributed by atoms with van der Waals surface area (Å²) in [6, 6.07) is 6.41. The number of rotatable bonds is 11. The number of esters is 2. The number of hydrogen-bond acceptors (Lipinski definition) is 6.